The third-order valence-electron chi connectivity index (χ3n) is 3.19. The first-order chi connectivity index (χ1) is 8.29. The van der Waals surface area contributed by atoms with E-state index in [0.29, 0.717) is 0 Å². The maximum atomic E-state index is 4.37. The molecule has 1 N–H and O–H groups in total. The van der Waals surface area contributed by atoms with Crippen molar-refractivity contribution in [3.05, 3.63) is 23.8 Å². The number of hydrogen-bond acceptors (Lipinski definition) is 4. The Morgan fingerprint density at radius 3 is 2.94 bits per heavy atom. The summed E-state index contributed by atoms with van der Waals surface area (Å²) in [7, 11) is 0. The van der Waals surface area contributed by atoms with Crippen LogP contribution in [0.1, 0.15) is 31.3 Å². The van der Waals surface area contributed by atoms with Gasteiger partial charge in [0.2, 0.25) is 0 Å². The van der Waals surface area contributed by atoms with E-state index in [2.05, 4.69) is 27.1 Å². The van der Waals surface area contributed by atoms with Gasteiger partial charge in [-0.05, 0) is 32.4 Å². The van der Waals surface area contributed by atoms with Gasteiger partial charge in [0.15, 0.2) is 0 Å². The number of hydrogen-bond donors (Lipinski definition) is 1. The van der Waals surface area contributed by atoms with E-state index in [-0.39, 0.29) is 0 Å². The van der Waals surface area contributed by atoms with Gasteiger partial charge in [0.1, 0.15) is 5.82 Å². The Balaban J connectivity index is 1.65. The minimum absolute atomic E-state index is 0.839. The van der Waals surface area contributed by atoms with Crippen LogP contribution < -0.4 is 5.32 Å². The highest BCUT2D eigenvalue weighted by Crippen LogP contribution is 2.25. The van der Waals surface area contributed by atoms with Crippen LogP contribution in [0.5, 0.6) is 0 Å². The smallest absolute Gasteiger partial charge is 0.125 e. The summed E-state index contributed by atoms with van der Waals surface area (Å²) in [4.78, 5) is 11.0. The molecule has 1 aliphatic rings. The fourth-order valence-electron chi connectivity index (χ4n) is 2.08. The Bertz CT molecular complexity index is 349. The molecule has 1 aromatic heterocycles. The van der Waals surface area contributed by atoms with Crippen molar-refractivity contribution in [3.8, 4) is 0 Å². The zero-order valence-electron chi connectivity index (χ0n) is 10.8. The molecule has 1 aromatic rings. The highest BCUT2D eigenvalue weighted by Gasteiger charge is 2.26. The van der Waals surface area contributed by atoms with Crippen LogP contribution in [0.15, 0.2) is 12.3 Å². The SMILES string of the molecule is CCN(CCNCc1ccnc(C)n1)C1CC1. The van der Waals surface area contributed by atoms with Crippen molar-refractivity contribution in [1.29, 1.82) is 0 Å². The van der Waals surface area contributed by atoms with Crippen molar-refractivity contribution in [1.82, 2.24) is 20.2 Å². The van der Waals surface area contributed by atoms with Crippen molar-refractivity contribution in [2.75, 3.05) is 19.6 Å². The van der Waals surface area contributed by atoms with Crippen molar-refractivity contribution < 1.29 is 0 Å². The van der Waals surface area contributed by atoms with Gasteiger partial charge < -0.3 is 5.32 Å². The maximum Gasteiger partial charge on any atom is 0.125 e. The Labute approximate surface area is 103 Å². The van der Waals surface area contributed by atoms with Crippen molar-refractivity contribution in [3.63, 3.8) is 0 Å². The molecule has 4 heteroatoms. The summed E-state index contributed by atoms with van der Waals surface area (Å²) in [6.45, 7) is 8.35. The largest absolute Gasteiger partial charge is 0.310 e. The summed E-state index contributed by atoms with van der Waals surface area (Å²) in [5.41, 5.74) is 1.08. The topological polar surface area (TPSA) is 41.0 Å². The van der Waals surface area contributed by atoms with Crippen LogP contribution in [-0.4, -0.2) is 40.5 Å². The molecule has 0 radical (unpaired) electrons. The molecule has 4 nitrogen and oxygen atoms in total. The lowest BCUT2D eigenvalue weighted by molar-refractivity contribution is 0.277. The summed E-state index contributed by atoms with van der Waals surface area (Å²) in [6.07, 6.45) is 4.60. The number of aryl methyl sites for hydroxylation is 1. The molecule has 0 unspecified atom stereocenters. The summed E-state index contributed by atoms with van der Waals surface area (Å²) < 4.78 is 0. The van der Waals surface area contributed by atoms with Crippen LogP contribution in [0.25, 0.3) is 0 Å². The third kappa shape index (κ3) is 4.06. The molecule has 0 amide bonds. The van der Waals surface area contributed by atoms with Gasteiger partial charge in [-0.15, -0.1) is 0 Å². The van der Waals surface area contributed by atoms with Crippen LogP contribution in [-0.2, 0) is 6.54 Å². The fraction of sp³-hybridized carbons (Fsp3) is 0.692. The molecular weight excluding hydrogens is 212 g/mol. The second-order valence-electron chi connectivity index (χ2n) is 4.63. The number of rotatable bonds is 7. The molecule has 1 heterocycles. The van der Waals surface area contributed by atoms with E-state index in [1.807, 2.05) is 19.2 Å². The molecule has 0 aliphatic heterocycles. The maximum absolute atomic E-state index is 4.37. The molecule has 1 saturated carbocycles. The van der Waals surface area contributed by atoms with Crippen LogP contribution in [0.2, 0.25) is 0 Å². The fourth-order valence-corrected chi connectivity index (χ4v) is 2.08. The predicted octanol–water partition coefficient (Wildman–Crippen LogP) is 1.36. The zero-order chi connectivity index (χ0) is 12.1. The number of nitrogens with zero attached hydrogens (tertiary/aromatic N) is 3. The average Bonchev–Trinajstić information content (AvgIpc) is 3.13. The first-order valence-electron chi connectivity index (χ1n) is 6.53. The van der Waals surface area contributed by atoms with Gasteiger partial charge in [-0.1, -0.05) is 6.92 Å². The Hall–Kier alpha value is -1.00. The van der Waals surface area contributed by atoms with E-state index >= 15 is 0 Å². The molecule has 0 saturated heterocycles. The van der Waals surface area contributed by atoms with E-state index in [1.165, 1.54) is 19.4 Å². The molecule has 17 heavy (non-hydrogen) atoms. The van der Waals surface area contributed by atoms with Crippen molar-refractivity contribution >= 4 is 0 Å². The highest BCUT2D eigenvalue weighted by atomic mass is 15.2. The van der Waals surface area contributed by atoms with Crippen LogP contribution in [0, 0.1) is 6.92 Å². The summed E-state index contributed by atoms with van der Waals surface area (Å²) >= 11 is 0. The molecule has 0 aromatic carbocycles. The Morgan fingerprint density at radius 1 is 1.47 bits per heavy atom. The number of likely N-dealkylation sites (N-methyl/N-ethyl adjacent to an activating group) is 1. The van der Waals surface area contributed by atoms with Crippen LogP contribution in [0.3, 0.4) is 0 Å². The van der Waals surface area contributed by atoms with Gasteiger partial charge in [0, 0.05) is 31.9 Å². The quantitative estimate of drug-likeness (QED) is 0.723. The van der Waals surface area contributed by atoms with Gasteiger partial charge in [-0.3, -0.25) is 4.90 Å². The standard InChI is InChI=1S/C13H22N4/c1-3-17(13-4-5-13)9-8-14-10-12-6-7-15-11(2)16-12/h6-7,13-14H,3-5,8-10H2,1-2H3. The lowest BCUT2D eigenvalue weighted by Crippen LogP contribution is -2.33. The monoisotopic (exact) mass is 234 g/mol. The van der Waals surface area contributed by atoms with E-state index in [9.17, 15) is 0 Å². The molecule has 2 rings (SSSR count). The third-order valence-corrected chi connectivity index (χ3v) is 3.19. The van der Waals surface area contributed by atoms with Gasteiger partial charge in [-0.2, -0.15) is 0 Å². The summed E-state index contributed by atoms with van der Waals surface area (Å²) in [6, 6.07) is 2.83. The van der Waals surface area contributed by atoms with E-state index in [4.69, 9.17) is 0 Å². The molecule has 1 fully saturated rings. The first-order valence-corrected chi connectivity index (χ1v) is 6.53. The normalized spacial score (nSPS) is 15.5. The average molecular weight is 234 g/mol. The Morgan fingerprint density at radius 2 is 2.29 bits per heavy atom. The first kappa shape index (κ1) is 12.5. The lowest BCUT2D eigenvalue weighted by atomic mass is 10.4. The van der Waals surface area contributed by atoms with Gasteiger partial charge in [0.25, 0.3) is 0 Å². The van der Waals surface area contributed by atoms with Crippen molar-refractivity contribution in [2.45, 2.75) is 39.3 Å². The molecule has 0 bridgehead atoms. The van der Waals surface area contributed by atoms with Gasteiger partial charge >= 0.3 is 0 Å². The summed E-state index contributed by atoms with van der Waals surface area (Å²) in [5.74, 6) is 0.845. The van der Waals surface area contributed by atoms with Crippen LogP contribution >= 0.6 is 0 Å². The molecule has 1 aliphatic carbocycles. The number of nitrogens with one attached hydrogen (secondary N) is 1. The molecular formula is C13H22N4. The van der Waals surface area contributed by atoms with Gasteiger partial charge in [0.05, 0.1) is 5.69 Å². The summed E-state index contributed by atoms with van der Waals surface area (Å²) in [5, 5.41) is 3.44. The van der Waals surface area contributed by atoms with E-state index < -0.39 is 0 Å². The molecule has 0 atom stereocenters. The van der Waals surface area contributed by atoms with Gasteiger partial charge in [-0.25, -0.2) is 9.97 Å². The van der Waals surface area contributed by atoms with Crippen molar-refractivity contribution in [2.24, 2.45) is 0 Å². The second-order valence-corrected chi connectivity index (χ2v) is 4.63. The second kappa shape index (κ2) is 6.07. The van der Waals surface area contributed by atoms with E-state index in [1.54, 1.807) is 0 Å². The lowest BCUT2D eigenvalue weighted by Gasteiger charge is -2.19. The molecule has 94 valence electrons. The number of aromatic nitrogens is 2. The van der Waals surface area contributed by atoms with Crippen LogP contribution in [0.4, 0.5) is 0 Å². The zero-order valence-corrected chi connectivity index (χ0v) is 10.8. The minimum atomic E-state index is 0.839. The minimum Gasteiger partial charge on any atom is -0.310 e. The predicted molar refractivity (Wildman–Crippen MR) is 68.7 cm³/mol. The Kier molecular flexibility index (Phi) is 4.45. The molecule has 0 spiro atoms. The highest BCUT2D eigenvalue weighted by molar-refractivity contribution is 5.00. The van der Waals surface area contributed by atoms with E-state index in [0.717, 1.165) is 37.2 Å².